The number of hydrogen-bond acceptors (Lipinski definition) is 1. The molecule has 1 aromatic rings. The van der Waals surface area contributed by atoms with Gasteiger partial charge >= 0.3 is 0 Å². The van der Waals surface area contributed by atoms with Crippen molar-refractivity contribution in [3.63, 3.8) is 0 Å². The van der Waals surface area contributed by atoms with Crippen LogP contribution in [0.25, 0.3) is 0 Å². The van der Waals surface area contributed by atoms with E-state index in [0.29, 0.717) is 12.4 Å². The van der Waals surface area contributed by atoms with Crippen LogP contribution in [0.3, 0.4) is 0 Å². The third kappa shape index (κ3) is 2.88. The second kappa shape index (κ2) is 4.72. The molecule has 0 saturated heterocycles. The molecule has 0 spiro atoms. The van der Waals surface area contributed by atoms with Gasteiger partial charge in [-0.25, -0.2) is 4.39 Å². The summed E-state index contributed by atoms with van der Waals surface area (Å²) in [6.07, 6.45) is 0. The Balaban J connectivity index is 2.37. The molecule has 0 atom stereocenters. The van der Waals surface area contributed by atoms with Crippen molar-refractivity contribution in [2.24, 2.45) is 0 Å². The third-order valence-electron chi connectivity index (χ3n) is 1.40. The zero-order chi connectivity index (χ0) is 8.81. The average Bonchev–Trinajstić information content (AvgIpc) is 2.09. The minimum absolute atomic E-state index is 0.244. The molecule has 1 rings (SSSR count). The minimum atomic E-state index is -0.244. The van der Waals surface area contributed by atoms with Gasteiger partial charge in [-0.3, -0.25) is 0 Å². The highest BCUT2D eigenvalue weighted by atomic mass is 19.1. The number of benzene rings is 1. The molecule has 0 unspecified atom stereocenters. The highest BCUT2D eigenvalue weighted by Gasteiger charge is 1.92. The lowest BCUT2D eigenvalue weighted by molar-refractivity contribution is -0.596. The Labute approximate surface area is 71.4 Å². The van der Waals surface area contributed by atoms with Gasteiger partial charge in [0.05, 0.1) is 6.54 Å². The van der Waals surface area contributed by atoms with Crippen molar-refractivity contribution in [2.75, 3.05) is 13.2 Å². The predicted molar refractivity (Wildman–Crippen MR) is 44.0 cm³/mol. The van der Waals surface area contributed by atoms with Crippen molar-refractivity contribution in [3.8, 4) is 5.75 Å². The Morgan fingerprint density at radius 1 is 1.33 bits per heavy atom. The van der Waals surface area contributed by atoms with E-state index in [4.69, 9.17) is 4.74 Å². The summed E-state index contributed by atoms with van der Waals surface area (Å²) in [6, 6.07) is 5.98. The number of quaternary nitrogens is 1. The second-order valence-corrected chi connectivity index (χ2v) is 2.38. The molecule has 0 aliphatic rings. The van der Waals surface area contributed by atoms with Crippen LogP contribution in [-0.4, -0.2) is 13.2 Å². The first-order valence-electron chi connectivity index (χ1n) is 3.82. The number of rotatable bonds is 4. The van der Waals surface area contributed by atoms with Crippen molar-refractivity contribution in [2.45, 2.75) is 0 Å². The molecule has 3 heteroatoms. The van der Waals surface area contributed by atoms with Gasteiger partial charge in [-0.2, -0.15) is 7.05 Å². The maximum Gasteiger partial charge on any atom is 0.135 e. The summed E-state index contributed by atoms with van der Waals surface area (Å²) >= 11 is 0. The molecule has 66 valence electrons. The highest BCUT2D eigenvalue weighted by Crippen LogP contribution is 2.10. The normalized spacial score (nSPS) is 9.83. The van der Waals surface area contributed by atoms with Gasteiger partial charge in [-0.1, -0.05) is 0 Å². The maximum atomic E-state index is 12.4. The first-order valence-corrected chi connectivity index (χ1v) is 3.82. The number of nitrogens with two attached hydrogens (primary N) is 1. The quantitative estimate of drug-likeness (QED) is 0.517. The molecule has 0 aliphatic heterocycles. The fourth-order valence-corrected chi connectivity index (χ4v) is 0.791. The molecule has 0 amide bonds. The summed E-state index contributed by atoms with van der Waals surface area (Å²) < 4.78 is 17.7. The lowest BCUT2D eigenvalue weighted by Gasteiger charge is -2.04. The van der Waals surface area contributed by atoms with Crippen LogP contribution >= 0.6 is 0 Å². The first-order chi connectivity index (χ1) is 5.83. The Hall–Kier alpha value is -1.09. The van der Waals surface area contributed by atoms with E-state index in [2.05, 4.69) is 7.05 Å². The molecule has 0 bridgehead atoms. The number of halogens is 1. The van der Waals surface area contributed by atoms with Gasteiger partial charge in [-0.05, 0) is 24.3 Å². The standard InChI is InChI=1S/C9H12FNO/c1-11-6-7-12-9-4-2-8(10)3-5-9/h2-5H,1,6-7,11H2. The SMILES string of the molecule is [CH2-][NH2+]CCOc1ccc(F)cc1. The fourth-order valence-electron chi connectivity index (χ4n) is 0.791. The lowest BCUT2D eigenvalue weighted by atomic mass is 10.3. The molecule has 0 aliphatic carbocycles. The largest absolute Gasteiger partial charge is 0.488 e. The molecule has 0 radical (unpaired) electrons. The average molecular weight is 169 g/mol. The maximum absolute atomic E-state index is 12.4. The molecule has 2 nitrogen and oxygen atoms in total. The lowest BCUT2D eigenvalue weighted by Crippen LogP contribution is -2.78. The van der Waals surface area contributed by atoms with Crippen molar-refractivity contribution >= 4 is 0 Å². The van der Waals surface area contributed by atoms with E-state index >= 15 is 0 Å². The summed E-state index contributed by atoms with van der Waals surface area (Å²) in [5.41, 5.74) is 0. The fraction of sp³-hybridized carbons (Fsp3) is 0.222. The molecule has 1 aromatic carbocycles. The Kier molecular flexibility index (Phi) is 3.54. The van der Waals surface area contributed by atoms with Crippen LogP contribution in [0.15, 0.2) is 24.3 Å². The number of ether oxygens (including phenoxy) is 1. The van der Waals surface area contributed by atoms with Crippen LogP contribution in [0.5, 0.6) is 5.75 Å². The van der Waals surface area contributed by atoms with Gasteiger partial charge < -0.3 is 10.1 Å². The molecular formula is C9H12FNO. The molecular weight excluding hydrogens is 157 g/mol. The van der Waals surface area contributed by atoms with Gasteiger partial charge in [0.15, 0.2) is 0 Å². The number of hydrogen-bond donors (Lipinski definition) is 1. The smallest absolute Gasteiger partial charge is 0.135 e. The molecule has 12 heavy (non-hydrogen) atoms. The second-order valence-electron chi connectivity index (χ2n) is 2.38. The summed E-state index contributed by atoms with van der Waals surface area (Å²) in [7, 11) is 3.57. The molecule has 0 fully saturated rings. The van der Waals surface area contributed by atoms with Crippen LogP contribution < -0.4 is 10.1 Å². The van der Waals surface area contributed by atoms with Crippen molar-refractivity contribution in [1.82, 2.24) is 0 Å². The molecule has 0 aromatic heterocycles. The van der Waals surface area contributed by atoms with E-state index in [1.165, 1.54) is 12.1 Å². The van der Waals surface area contributed by atoms with E-state index in [1.54, 1.807) is 17.4 Å². The van der Waals surface area contributed by atoms with E-state index in [1.807, 2.05) is 0 Å². The van der Waals surface area contributed by atoms with Gasteiger partial charge in [0, 0.05) is 0 Å². The molecule has 2 N–H and O–H groups in total. The summed E-state index contributed by atoms with van der Waals surface area (Å²) in [5, 5.41) is 1.78. The van der Waals surface area contributed by atoms with E-state index in [0.717, 1.165) is 6.54 Å². The summed E-state index contributed by atoms with van der Waals surface area (Å²) in [5.74, 6) is 0.448. The minimum Gasteiger partial charge on any atom is -0.488 e. The third-order valence-corrected chi connectivity index (χ3v) is 1.40. The van der Waals surface area contributed by atoms with Crippen LogP contribution in [0.2, 0.25) is 0 Å². The zero-order valence-electron chi connectivity index (χ0n) is 6.79. The van der Waals surface area contributed by atoms with Crippen LogP contribution in [0.1, 0.15) is 0 Å². The van der Waals surface area contributed by atoms with Gasteiger partial charge in [0.2, 0.25) is 0 Å². The van der Waals surface area contributed by atoms with Gasteiger partial charge in [-0.15, -0.1) is 0 Å². The van der Waals surface area contributed by atoms with Gasteiger partial charge in [0.1, 0.15) is 18.2 Å². The van der Waals surface area contributed by atoms with Crippen LogP contribution in [0.4, 0.5) is 4.39 Å². The van der Waals surface area contributed by atoms with Crippen LogP contribution in [-0.2, 0) is 0 Å². The Bertz CT molecular complexity index is 222. The Morgan fingerprint density at radius 2 is 2.00 bits per heavy atom. The van der Waals surface area contributed by atoms with Gasteiger partial charge in [0.25, 0.3) is 0 Å². The monoisotopic (exact) mass is 169 g/mol. The molecule has 0 saturated carbocycles. The summed E-state index contributed by atoms with van der Waals surface area (Å²) in [4.78, 5) is 0. The van der Waals surface area contributed by atoms with E-state index < -0.39 is 0 Å². The zero-order valence-corrected chi connectivity index (χ0v) is 6.79. The molecule has 0 heterocycles. The van der Waals surface area contributed by atoms with Crippen molar-refractivity contribution in [3.05, 3.63) is 37.1 Å². The summed E-state index contributed by atoms with van der Waals surface area (Å²) in [6.45, 7) is 1.40. The first kappa shape index (κ1) is 9.00. The van der Waals surface area contributed by atoms with Crippen LogP contribution in [0, 0.1) is 12.9 Å². The highest BCUT2D eigenvalue weighted by molar-refractivity contribution is 5.21. The van der Waals surface area contributed by atoms with Crippen molar-refractivity contribution in [1.29, 1.82) is 0 Å². The van der Waals surface area contributed by atoms with E-state index in [9.17, 15) is 4.39 Å². The van der Waals surface area contributed by atoms with E-state index in [-0.39, 0.29) is 5.82 Å². The van der Waals surface area contributed by atoms with Crippen molar-refractivity contribution < 1.29 is 14.4 Å². The predicted octanol–water partition coefficient (Wildman–Crippen LogP) is 0.559. The Morgan fingerprint density at radius 3 is 2.58 bits per heavy atom. The topological polar surface area (TPSA) is 25.8 Å².